The fraction of sp³-hybridized carbons (Fsp3) is 0.167. The molecule has 0 aliphatic rings. The Morgan fingerprint density at radius 1 is 1.08 bits per heavy atom. The molecule has 0 fully saturated rings. The van der Waals surface area contributed by atoms with Gasteiger partial charge in [0.25, 0.3) is 0 Å². The summed E-state index contributed by atoms with van der Waals surface area (Å²) in [5.41, 5.74) is 0.942. The van der Waals surface area contributed by atoms with Gasteiger partial charge in [0.05, 0.1) is 28.4 Å². The topological polar surface area (TPSA) is 75.7 Å². The number of hydrogen-bond acceptors (Lipinski definition) is 4. The van der Waals surface area contributed by atoms with Crippen LogP contribution in [-0.2, 0) is 14.3 Å². The standard InChI is InChI=1S/C18H16Cl2N2O4/c1-11(23)22(12-7-8-14(19)15(20)9-12)10-17(24)21-16-6-4-3-5-13(16)18(25)26-2/h3-9H,10H2,1-2H3,(H,21,24). The van der Waals surface area contributed by atoms with E-state index in [2.05, 4.69) is 10.1 Å². The number of methoxy groups -OCH3 is 1. The predicted molar refractivity (Wildman–Crippen MR) is 101 cm³/mol. The van der Waals surface area contributed by atoms with E-state index >= 15 is 0 Å². The average molecular weight is 395 g/mol. The lowest BCUT2D eigenvalue weighted by Crippen LogP contribution is -2.36. The van der Waals surface area contributed by atoms with Gasteiger partial charge in [0, 0.05) is 12.6 Å². The number of hydrogen-bond donors (Lipinski definition) is 1. The van der Waals surface area contributed by atoms with Gasteiger partial charge in [-0.1, -0.05) is 35.3 Å². The van der Waals surface area contributed by atoms with Crippen LogP contribution in [0.2, 0.25) is 10.0 Å². The molecule has 0 atom stereocenters. The number of ether oxygens (including phenoxy) is 1. The first-order valence-corrected chi connectivity index (χ1v) is 8.29. The maximum Gasteiger partial charge on any atom is 0.339 e. The molecule has 2 aromatic rings. The van der Waals surface area contributed by atoms with E-state index < -0.39 is 11.9 Å². The maximum absolute atomic E-state index is 12.4. The largest absolute Gasteiger partial charge is 0.465 e. The number of anilines is 2. The first-order chi connectivity index (χ1) is 12.3. The highest BCUT2D eigenvalue weighted by Crippen LogP contribution is 2.27. The summed E-state index contributed by atoms with van der Waals surface area (Å²) in [5, 5.41) is 3.23. The second-order valence-electron chi connectivity index (χ2n) is 5.29. The first kappa shape index (κ1) is 19.8. The molecule has 6 nitrogen and oxygen atoms in total. The molecule has 0 unspecified atom stereocenters. The summed E-state index contributed by atoms with van der Waals surface area (Å²) in [6.07, 6.45) is 0. The van der Waals surface area contributed by atoms with Crippen molar-refractivity contribution in [3.63, 3.8) is 0 Å². The number of amides is 2. The smallest absolute Gasteiger partial charge is 0.339 e. The molecule has 0 aliphatic carbocycles. The minimum absolute atomic E-state index is 0.215. The minimum atomic E-state index is -0.575. The van der Waals surface area contributed by atoms with Crippen molar-refractivity contribution in [3.05, 3.63) is 58.1 Å². The van der Waals surface area contributed by atoms with Gasteiger partial charge >= 0.3 is 5.97 Å². The molecule has 0 bridgehead atoms. The Bertz CT molecular complexity index is 855. The molecule has 0 aromatic heterocycles. The molecule has 0 aliphatic heterocycles. The molecule has 2 aromatic carbocycles. The van der Waals surface area contributed by atoms with Gasteiger partial charge in [-0.2, -0.15) is 0 Å². The van der Waals surface area contributed by atoms with Crippen LogP contribution in [0.4, 0.5) is 11.4 Å². The number of nitrogens with one attached hydrogen (secondary N) is 1. The summed E-state index contributed by atoms with van der Waals surface area (Å²) in [6.45, 7) is 1.07. The monoisotopic (exact) mass is 394 g/mol. The molecule has 0 saturated carbocycles. The third-order valence-electron chi connectivity index (χ3n) is 3.50. The number of carbonyl (C=O) groups is 3. The second-order valence-corrected chi connectivity index (χ2v) is 6.10. The lowest BCUT2D eigenvalue weighted by atomic mass is 10.2. The average Bonchev–Trinajstić information content (AvgIpc) is 2.61. The van der Waals surface area contributed by atoms with E-state index in [0.717, 1.165) is 0 Å². The Kier molecular flexibility index (Phi) is 6.60. The van der Waals surface area contributed by atoms with E-state index in [1.54, 1.807) is 30.3 Å². The highest BCUT2D eigenvalue weighted by atomic mass is 35.5. The molecular formula is C18H16Cl2N2O4. The van der Waals surface area contributed by atoms with Gasteiger partial charge in [-0.3, -0.25) is 9.59 Å². The summed E-state index contributed by atoms with van der Waals surface area (Å²) in [5.74, 6) is -1.41. The van der Waals surface area contributed by atoms with E-state index in [0.29, 0.717) is 16.4 Å². The molecule has 0 radical (unpaired) electrons. The Morgan fingerprint density at radius 3 is 2.38 bits per heavy atom. The number of para-hydroxylation sites is 1. The van der Waals surface area contributed by atoms with E-state index in [-0.39, 0.29) is 23.0 Å². The summed E-state index contributed by atoms with van der Waals surface area (Å²) < 4.78 is 4.69. The van der Waals surface area contributed by atoms with Crippen molar-refractivity contribution in [3.8, 4) is 0 Å². The highest BCUT2D eigenvalue weighted by Gasteiger charge is 2.19. The summed E-state index contributed by atoms with van der Waals surface area (Å²) in [7, 11) is 1.25. The molecule has 0 heterocycles. The number of carbonyl (C=O) groups excluding carboxylic acids is 3. The molecule has 0 saturated heterocycles. The van der Waals surface area contributed by atoms with Crippen molar-refractivity contribution in [2.24, 2.45) is 0 Å². The predicted octanol–water partition coefficient (Wildman–Crippen LogP) is 3.77. The van der Waals surface area contributed by atoms with Crippen LogP contribution in [0, 0.1) is 0 Å². The zero-order valence-electron chi connectivity index (χ0n) is 14.1. The molecule has 136 valence electrons. The van der Waals surface area contributed by atoms with Gasteiger partial charge in [0.1, 0.15) is 6.54 Å². The second kappa shape index (κ2) is 8.69. The van der Waals surface area contributed by atoms with E-state index in [9.17, 15) is 14.4 Å². The lowest BCUT2D eigenvalue weighted by molar-refractivity contribution is -0.120. The Balaban J connectivity index is 2.20. The van der Waals surface area contributed by atoms with Crippen LogP contribution in [0.5, 0.6) is 0 Å². The van der Waals surface area contributed by atoms with Crippen LogP contribution < -0.4 is 10.2 Å². The summed E-state index contributed by atoms with van der Waals surface area (Å²) in [4.78, 5) is 37.4. The Hall–Kier alpha value is -2.57. The van der Waals surface area contributed by atoms with Crippen molar-refractivity contribution in [2.75, 3.05) is 23.9 Å². The Labute approximate surface area is 160 Å². The van der Waals surface area contributed by atoms with Crippen LogP contribution in [0.3, 0.4) is 0 Å². The van der Waals surface area contributed by atoms with Gasteiger partial charge in [0.15, 0.2) is 0 Å². The fourth-order valence-electron chi connectivity index (χ4n) is 2.25. The van der Waals surface area contributed by atoms with Crippen LogP contribution >= 0.6 is 23.2 Å². The van der Waals surface area contributed by atoms with Gasteiger partial charge in [-0.25, -0.2) is 4.79 Å². The molecule has 1 N–H and O–H groups in total. The molecule has 2 rings (SSSR count). The molecular weight excluding hydrogens is 379 g/mol. The normalized spacial score (nSPS) is 10.2. The van der Waals surface area contributed by atoms with E-state index in [1.807, 2.05) is 0 Å². The van der Waals surface area contributed by atoms with E-state index in [1.165, 1.54) is 31.1 Å². The zero-order valence-corrected chi connectivity index (χ0v) is 15.6. The number of halogens is 2. The van der Waals surface area contributed by atoms with Crippen molar-refractivity contribution >= 4 is 52.4 Å². The van der Waals surface area contributed by atoms with Crippen LogP contribution in [0.15, 0.2) is 42.5 Å². The zero-order chi connectivity index (χ0) is 19.3. The molecule has 8 heteroatoms. The SMILES string of the molecule is COC(=O)c1ccccc1NC(=O)CN(C(C)=O)c1ccc(Cl)c(Cl)c1. The number of rotatable bonds is 5. The highest BCUT2D eigenvalue weighted by molar-refractivity contribution is 6.42. The quantitative estimate of drug-likeness (QED) is 0.782. The van der Waals surface area contributed by atoms with Crippen molar-refractivity contribution in [1.82, 2.24) is 0 Å². The lowest BCUT2D eigenvalue weighted by Gasteiger charge is -2.21. The van der Waals surface area contributed by atoms with Crippen molar-refractivity contribution in [1.29, 1.82) is 0 Å². The van der Waals surface area contributed by atoms with Crippen molar-refractivity contribution < 1.29 is 19.1 Å². The third kappa shape index (κ3) is 4.74. The van der Waals surface area contributed by atoms with E-state index in [4.69, 9.17) is 23.2 Å². The van der Waals surface area contributed by atoms with Crippen LogP contribution in [0.1, 0.15) is 17.3 Å². The number of benzene rings is 2. The molecule has 2 amide bonds. The van der Waals surface area contributed by atoms with Gasteiger partial charge < -0.3 is 15.0 Å². The van der Waals surface area contributed by atoms with Gasteiger partial charge in [-0.05, 0) is 30.3 Å². The van der Waals surface area contributed by atoms with Crippen molar-refractivity contribution in [2.45, 2.75) is 6.92 Å². The summed E-state index contributed by atoms with van der Waals surface area (Å²) in [6, 6.07) is 11.1. The molecule has 0 spiro atoms. The Morgan fingerprint density at radius 2 is 1.77 bits per heavy atom. The number of nitrogens with zero attached hydrogens (tertiary/aromatic N) is 1. The minimum Gasteiger partial charge on any atom is -0.465 e. The van der Waals surface area contributed by atoms with Gasteiger partial charge in [0.2, 0.25) is 11.8 Å². The fourth-order valence-corrected chi connectivity index (χ4v) is 2.54. The number of esters is 1. The first-order valence-electron chi connectivity index (χ1n) is 7.54. The van der Waals surface area contributed by atoms with Crippen LogP contribution in [0.25, 0.3) is 0 Å². The van der Waals surface area contributed by atoms with Crippen LogP contribution in [-0.4, -0.2) is 31.4 Å². The third-order valence-corrected chi connectivity index (χ3v) is 4.24. The van der Waals surface area contributed by atoms with Gasteiger partial charge in [-0.15, -0.1) is 0 Å². The molecule has 26 heavy (non-hydrogen) atoms. The summed E-state index contributed by atoms with van der Waals surface area (Å²) >= 11 is 11.9. The maximum atomic E-state index is 12.4.